The first-order chi connectivity index (χ1) is 22.0. The second-order valence-electron chi connectivity index (χ2n) is 12.3. The third-order valence-electron chi connectivity index (χ3n) is 9.92. The van der Waals surface area contributed by atoms with Crippen molar-refractivity contribution in [1.82, 2.24) is 0 Å². The second kappa shape index (κ2) is 9.47. The van der Waals surface area contributed by atoms with Crippen LogP contribution in [0.5, 0.6) is 17.2 Å². The molecule has 3 aliphatic rings. The molecule has 2 heterocycles. The number of aliphatic hydroxyl groups is 1. The van der Waals surface area contributed by atoms with Gasteiger partial charge < -0.3 is 19.3 Å². The lowest BCUT2D eigenvalue weighted by Crippen LogP contribution is -2.46. The highest BCUT2D eigenvalue weighted by Crippen LogP contribution is 2.59. The number of anilines is 2. The van der Waals surface area contributed by atoms with Crippen molar-refractivity contribution >= 4 is 28.2 Å². The summed E-state index contributed by atoms with van der Waals surface area (Å²) in [6.07, 6.45) is 0.790. The van der Waals surface area contributed by atoms with E-state index in [0.717, 1.165) is 43.0 Å². The molecule has 8 rings (SSSR count). The first-order valence-corrected chi connectivity index (χ1v) is 15.1. The van der Waals surface area contributed by atoms with E-state index < -0.39 is 17.4 Å². The molecule has 0 aromatic heterocycles. The number of halogens is 2. The number of hydrogen-bond acceptors (Lipinski definition) is 6. The third kappa shape index (κ3) is 3.59. The van der Waals surface area contributed by atoms with Gasteiger partial charge in [0.05, 0.1) is 25.6 Å². The van der Waals surface area contributed by atoms with E-state index in [1.807, 2.05) is 91.0 Å². The Bertz CT molecular complexity index is 2040. The number of benzene rings is 5. The van der Waals surface area contributed by atoms with Crippen molar-refractivity contribution in [2.75, 3.05) is 38.1 Å². The Kier molecular flexibility index (Phi) is 5.84. The van der Waals surface area contributed by atoms with Crippen LogP contribution in [0, 0.1) is 0 Å². The molecule has 0 fully saturated rings. The molecule has 2 aliphatic heterocycles. The maximum atomic E-state index is 15.4. The van der Waals surface area contributed by atoms with Crippen LogP contribution in [-0.4, -0.2) is 39.6 Å². The topological polar surface area (TPSA) is 54.4 Å². The highest BCUT2D eigenvalue weighted by atomic mass is 19.3. The number of rotatable bonds is 4. The SMILES string of the molecule is COc1ccc(C2(c3ccc(OC)cc3)C=Cc3c4c(c5cc6c(cc5c3O2)N(C)C(F)(F)N6C)-c2ccccc2C4(C)O)cc1. The molecule has 5 aromatic carbocycles. The summed E-state index contributed by atoms with van der Waals surface area (Å²) in [7, 11) is 6.03. The fraction of sp³-hybridized carbons (Fsp3) is 0.211. The van der Waals surface area contributed by atoms with Gasteiger partial charge in [0.25, 0.3) is 0 Å². The molecule has 1 N–H and O–H groups in total. The molecule has 232 valence electrons. The Hall–Kier alpha value is -5.08. The minimum atomic E-state index is -3.22. The van der Waals surface area contributed by atoms with E-state index in [-0.39, 0.29) is 0 Å². The van der Waals surface area contributed by atoms with Crippen molar-refractivity contribution in [2.24, 2.45) is 0 Å². The molecule has 1 aliphatic carbocycles. The van der Waals surface area contributed by atoms with Crippen LogP contribution in [0.25, 0.3) is 28.0 Å². The van der Waals surface area contributed by atoms with Gasteiger partial charge in [0.2, 0.25) is 0 Å². The zero-order valence-corrected chi connectivity index (χ0v) is 26.1. The fourth-order valence-corrected chi connectivity index (χ4v) is 7.42. The largest absolute Gasteiger partial charge is 0.497 e. The Morgan fingerprint density at radius 2 is 1.30 bits per heavy atom. The van der Waals surface area contributed by atoms with E-state index in [4.69, 9.17) is 14.2 Å². The van der Waals surface area contributed by atoms with Crippen molar-refractivity contribution in [3.8, 4) is 28.4 Å². The van der Waals surface area contributed by atoms with Crippen molar-refractivity contribution in [3.63, 3.8) is 0 Å². The molecule has 6 nitrogen and oxygen atoms in total. The molecular weight excluding hydrogens is 586 g/mol. The average molecular weight is 619 g/mol. The molecule has 0 saturated carbocycles. The molecule has 0 saturated heterocycles. The van der Waals surface area contributed by atoms with Crippen molar-refractivity contribution < 1.29 is 28.1 Å². The number of methoxy groups -OCH3 is 2. The van der Waals surface area contributed by atoms with Crippen molar-refractivity contribution in [1.29, 1.82) is 0 Å². The molecule has 0 spiro atoms. The number of hydrogen-bond donors (Lipinski definition) is 1. The quantitative estimate of drug-likeness (QED) is 0.207. The van der Waals surface area contributed by atoms with Gasteiger partial charge in [-0.25, -0.2) is 0 Å². The summed E-state index contributed by atoms with van der Waals surface area (Å²) in [5, 5.41) is 13.6. The van der Waals surface area contributed by atoms with Gasteiger partial charge in [0.15, 0.2) is 5.60 Å². The van der Waals surface area contributed by atoms with E-state index in [1.165, 1.54) is 14.1 Å². The summed E-state index contributed by atoms with van der Waals surface area (Å²) in [6, 6.07) is 26.7. The van der Waals surface area contributed by atoms with Gasteiger partial charge in [-0.05, 0) is 71.5 Å². The molecule has 8 heteroatoms. The van der Waals surface area contributed by atoms with Crippen molar-refractivity contribution in [2.45, 2.75) is 24.3 Å². The van der Waals surface area contributed by atoms with Crippen LogP contribution in [0.1, 0.15) is 34.7 Å². The minimum absolute atomic E-state index is 0.387. The third-order valence-corrected chi connectivity index (χ3v) is 9.92. The predicted octanol–water partition coefficient (Wildman–Crippen LogP) is 7.88. The standard InChI is InChI=1S/C38H32F2N2O4/c1-36(43)30-9-7-6-8-26(30)33-28-20-31-32(42(3)38(39,40)41(31)2)21-29(28)35-27(34(33)36)18-19-37(46-35,22-10-14-24(44-4)15-11-22)23-12-16-25(45-5)17-13-23/h6-21,43H,1-5H3. The molecule has 1 unspecified atom stereocenters. The summed E-state index contributed by atoms with van der Waals surface area (Å²) in [5.74, 6) is 1.91. The number of alkyl halides is 2. The zero-order valence-electron chi connectivity index (χ0n) is 26.1. The van der Waals surface area contributed by atoms with Crippen LogP contribution in [-0.2, 0) is 11.2 Å². The molecule has 0 amide bonds. The number of fused-ring (bicyclic) bond motifs is 9. The maximum Gasteiger partial charge on any atom is 0.413 e. The van der Waals surface area contributed by atoms with Crippen LogP contribution >= 0.6 is 0 Å². The zero-order chi connectivity index (χ0) is 32.2. The van der Waals surface area contributed by atoms with Crippen LogP contribution in [0.15, 0.2) is 91.0 Å². The number of nitrogens with zero attached hydrogens (tertiary/aromatic N) is 2. The van der Waals surface area contributed by atoms with E-state index in [0.29, 0.717) is 45.1 Å². The van der Waals surface area contributed by atoms with E-state index in [9.17, 15) is 5.11 Å². The summed E-state index contributed by atoms with van der Waals surface area (Å²) in [6.45, 7) is 1.79. The summed E-state index contributed by atoms with van der Waals surface area (Å²) < 4.78 is 48.9. The summed E-state index contributed by atoms with van der Waals surface area (Å²) in [4.78, 5) is 1.98. The monoisotopic (exact) mass is 618 g/mol. The maximum absolute atomic E-state index is 15.4. The van der Waals surface area contributed by atoms with E-state index in [2.05, 4.69) is 0 Å². The molecule has 0 bridgehead atoms. The molecule has 46 heavy (non-hydrogen) atoms. The normalized spacial score (nSPS) is 19.7. The molecule has 1 atom stereocenters. The Morgan fingerprint density at radius 1 is 0.761 bits per heavy atom. The molecule has 5 aromatic rings. The molecular formula is C38H32F2N2O4. The van der Waals surface area contributed by atoms with Crippen LogP contribution in [0.3, 0.4) is 0 Å². The Morgan fingerprint density at radius 3 is 1.87 bits per heavy atom. The fourth-order valence-electron chi connectivity index (χ4n) is 7.42. The van der Waals surface area contributed by atoms with E-state index >= 15 is 8.78 Å². The molecule has 0 radical (unpaired) electrons. The van der Waals surface area contributed by atoms with Crippen molar-refractivity contribution in [3.05, 3.63) is 119 Å². The average Bonchev–Trinajstić information content (AvgIpc) is 3.42. The van der Waals surface area contributed by atoms with E-state index in [1.54, 1.807) is 27.2 Å². The van der Waals surface area contributed by atoms with Gasteiger partial charge in [-0.1, -0.05) is 54.6 Å². The summed E-state index contributed by atoms with van der Waals surface area (Å²) in [5.41, 5.74) is 3.85. The van der Waals surface area contributed by atoms with Gasteiger partial charge in [-0.3, -0.25) is 9.80 Å². The van der Waals surface area contributed by atoms with Gasteiger partial charge >= 0.3 is 6.17 Å². The van der Waals surface area contributed by atoms with Crippen LogP contribution in [0.2, 0.25) is 0 Å². The first kappa shape index (κ1) is 28.4. The smallest absolute Gasteiger partial charge is 0.413 e. The highest BCUT2D eigenvalue weighted by molar-refractivity contribution is 6.11. The Labute approximate surface area is 265 Å². The van der Waals surface area contributed by atoms with Gasteiger partial charge in [0, 0.05) is 41.7 Å². The highest BCUT2D eigenvalue weighted by Gasteiger charge is 2.50. The lowest BCUT2D eigenvalue weighted by Gasteiger charge is -2.38. The predicted molar refractivity (Wildman–Crippen MR) is 176 cm³/mol. The minimum Gasteiger partial charge on any atom is -0.497 e. The van der Waals surface area contributed by atoms with Gasteiger partial charge in [-0.15, -0.1) is 0 Å². The first-order valence-electron chi connectivity index (χ1n) is 15.1. The lowest BCUT2D eigenvalue weighted by atomic mass is 9.80. The Balaban J connectivity index is 1.46. The lowest BCUT2D eigenvalue weighted by molar-refractivity contribution is 0.0122. The van der Waals surface area contributed by atoms with Crippen LogP contribution in [0.4, 0.5) is 20.2 Å². The second-order valence-corrected chi connectivity index (χ2v) is 12.3. The van der Waals surface area contributed by atoms with Gasteiger partial charge in [0.1, 0.15) is 22.8 Å². The van der Waals surface area contributed by atoms with Gasteiger partial charge in [-0.2, -0.15) is 8.78 Å². The summed E-state index contributed by atoms with van der Waals surface area (Å²) >= 11 is 0. The number of ether oxygens (including phenoxy) is 3. The van der Waals surface area contributed by atoms with Crippen LogP contribution < -0.4 is 24.0 Å².